The molecule has 1 amide bonds. The van der Waals surface area contributed by atoms with Gasteiger partial charge >= 0.3 is 5.97 Å². The molecule has 33 heavy (non-hydrogen) atoms. The van der Waals surface area contributed by atoms with E-state index in [1.54, 1.807) is 11.3 Å². The van der Waals surface area contributed by atoms with E-state index in [-0.39, 0.29) is 23.7 Å². The van der Waals surface area contributed by atoms with Gasteiger partial charge in [0, 0.05) is 10.8 Å². The Balaban J connectivity index is 1.38. The van der Waals surface area contributed by atoms with Crippen molar-refractivity contribution in [1.29, 1.82) is 0 Å². The van der Waals surface area contributed by atoms with Crippen LogP contribution >= 0.6 is 11.3 Å². The highest BCUT2D eigenvalue weighted by Crippen LogP contribution is 2.49. The van der Waals surface area contributed by atoms with Gasteiger partial charge in [0.1, 0.15) is 5.00 Å². The van der Waals surface area contributed by atoms with Gasteiger partial charge in [-0.1, -0.05) is 67.6 Å². The third-order valence-electron chi connectivity index (χ3n) is 6.77. The number of fused-ring (bicyclic) bond motifs is 1. The number of carbonyl (C=O) groups is 2. The van der Waals surface area contributed by atoms with Gasteiger partial charge in [0.25, 0.3) is 0 Å². The van der Waals surface area contributed by atoms with Crippen molar-refractivity contribution in [2.75, 3.05) is 11.9 Å². The highest BCUT2D eigenvalue weighted by molar-refractivity contribution is 7.17. The smallest absolute Gasteiger partial charge is 0.341 e. The van der Waals surface area contributed by atoms with Crippen molar-refractivity contribution in [2.45, 2.75) is 50.9 Å². The molecule has 1 heterocycles. The average Bonchev–Trinajstić information content (AvgIpc) is 3.58. The van der Waals surface area contributed by atoms with Crippen LogP contribution in [-0.2, 0) is 22.4 Å². The highest BCUT2D eigenvalue weighted by atomic mass is 32.1. The maximum Gasteiger partial charge on any atom is 0.341 e. The zero-order valence-electron chi connectivity index (χ0n) is 18.9. The van der Waals surface area contributed by atoms with Crippen LogP contribution in [0.3, 0.4) is 0 Å². The quantitative estimate of drug-likeness (QED) is 0.420. The second kappa shape index (κ2) is 9.52. The van der Waals surface area contributed by atoms with Crippen LogP contribution in [0.15, 0.2) is 60.7 Å². The van der Waals surface area contributed by atoms with E-state index in [0.717, 1.165) is 37.7 Å². The molecule has 5 rings (SSSR count). The van der Waals surface area contributed by atoms with Gasteiger partial charge in [-0.15, -0.1) is 11.3 Å². The summed E-state index contributed by atoms with van der Waals surface area (Å²) in [5.74, 6) is 0.359. The van der Waals surface area contributed by atoms with Crippen molar-refractivity contribution >= 4 is 28.2 Å². The van der Waals surface area contributed by atoms with E-state index in [0.29, 0.717) is 23.1 Å². The molecule has 1 fully saturated rings. The maximum absolute atomic E-state index is 13.1. The van der Waals surface area contributed by atoms with E-state index < -0.39 is 0 Å². The molecule has 5 heteroatoms. The number of amides is 1. The Bertz CT molecular complexity index is 1140. The van der Waals surface area contributed by atoms with Crippen molar-refractivity contribution < 1.29 is 14.3 Å². The second-order valence-electron chi connectivity index (χ2n) is 9.04. The van der Waals surface area contributed by atoms with E-state index in [4.69, 9.17) is 4.74 Å². The first-order valence-corrected chi connectivity index (χ1v) is 12.7. The molecule has 0 saturated heterocycles. The molecule has 0 aliphatic heterocycles. The van der Waals surface area contributed by atoms with Gasteiger partial charge in [0.2, 0.25) is 5.91 Å². The molecule has 2 aliphatic rings. The number of rotatable bonds is 7. The number of hydrogen-bond donors (Lipinski definition) is 1. The lowest BCUT2D eigenvalue weighted by Gasteiger charge is -2.23. The standard InChI is InChI=1S/C28H29NO3S/c1-2-15-32-28(31)25-21-14-13-20(18-9-5-3-6-10-18)16-24(21)33-27(25)29-26(30)23-17-22(23)19-11-7-4-8-12-19/h3-12,20,22-23H,2,13-17H2,1H3,(H,29,30)/t20-,22-,23-/m1/s1. The number of anilines is 1. The minimum absolute atomic E-state index is 0.00611. The first kappa shape index (κ1) is 21.9. The van der Waals surface area contributed by atoms with Crippen molar-refractivity contribution in [3.8, 4) is 0 Å². The van der Waals surface area contributed by atoms with Crippen molar-refractivity contribution in [3.05, 3.63) is 87.8 Å². The molecule has 1 N–H and O–H groups in total. The average molecular weight is 460 g/mol. The third-order valence-corrected chi connectivity index (χ3v) is 7.94. The molecule has 2 aliphatic carbocycles. The van der Waals surface area contributed by atoms with Crippen LogP contribution in [0.2, 0.25) is 0 Å². The molecule has 2 aromatic carbocycles. The van der Waals surface area contributed by atoms with Gasteiger partial charge in [-0.3, -0.25) is 4.79 Å². The predicted molar refractivity (Wildman–Crippen MR) is 132 cm³/mol. The van der Waals surface area contributed by atoms with Crippen LogP contribution in [-0.4, -0.2) is 18.5 Å². The van der Waals surface area contributed by atoms with Gasteiger partial charge in [-0.05, 0) is 60.6 Å². The lowest BCUT2D eigenvalue weighted by Crippen LogP contribution is -2.18. The van der Waals surface area contributed by atoms with Crippen LogP contribution in [0, 0.1) is 5.92 Å². The molecule has 0 radical (unpaired) electrons. The van der Waals surface area contributed by atoms with Gasteiger partial charge in [-0.2, -0.15) is 0 Å². The number of ether oxygens (including phenoxy) is 1. The molecule has 170 valence electrons. The number of carbonyl (C=O) groups excluding carboxylic acids is 2. The van der Waals surface area contributed by atoms with E-state index in [2.05, 4.69) is 41.7 Å². The highest BCUT2D eigenvalue weighted by Gasteiger charge is 2.44. The third kappa shape index (κ3) is 4.60. The first-order chi connectivity index (χ1) is 16.2. The Hall–Kier alpha value is -2.92. The number of nitrogens with one attached hydrogen (secondary N) is 1. The Kier molecular flexibility index (Phi) is 6.32. The van der Waals surface area contributed by atoms with Crippen molar-refractivity contribution in [3.63, 3.8) is 0 Å². The number of hydrogen-bond acceptors (Lipinski definition) is 4. The minimum atomic E-state index is -0.307. The summed E-state index contributed by atoms with van der Waals surface area (Å²) in [7, 11) is 0. The monoisotopic (exact) mass is 459 g/mol. The molecule has 0 unspecified atom stereocenters. The Morgan fingerprint density at radius 3 is 2.42 bits per heavy atom. The lowest BCUT2D eigenvalue weighted by molar-refractivity contribution is -0.117. The molecule has 0 bridgehead atoms. The van der Waals surface area contributed by atoms with Crippen LogP contribution in [0.4, 0.5) is 5.00 Å². The number of thiophene rings is 1. The Morgan fingerprint density at radius 2 is 1.73 bits per heavy atom. The summed E-state index contributed by atoms with van der Waals surface area (Å²) in [4.78, 5) is 27.3. The van der Waals surface area contributed by atoms with E-state index in [1.807, 2.05) is 31.2 Å². The fourth-order valence-electron chi connectivity index (χ4n) is 4.92. The summed E-state index contributed by atoms with van der Waals surface area (Å²) < 4.78 is 5.52. The summed E-state index contributed by atoms with van der Waals surface area (Å²) in [6.07, 6.45) is 4.34. The van der Waals surface area contributed by atoms with Crippen LogP contribution in [0.5, 0.6) is 0 Å². The normalized spacial score (nSPS) is 21.2. The topological polar surface area (TPSA) is 55.4 Å². The maximum atomic E-state index is 13.1. The van der Waals surface area contributed by atoms with E-state index >= 15 is 0 Å². The van der Waals surface area contributed by atoms with E-state index in [1.165, 1.54) is 16.0 Å². The molecule has 0 spiro atoms. The molecule has 3 aromatic rings. The summed E-state index contributed by atoms with van der Waals surface area (Å²) in [6, 6.07) is 20.7. The number of benzene rings is 2. The summed E-state index contributed by atoms with van der Waals surface area (Å²) in [6.45, 7) is 2.38. The lowest BCUT2D eigenvalue weighted by atomic mass is 9.83. The fourth-order valence-corrected chi connectivity index (χ4v) is 6.24. The first-order valence-electron chi connectivity index (χ1n) is 11.9. The molecule has 4 nitrogen and oxygen atoms in total. The van der Waals surface area contributed by atoms with E-state index in [9.17, 15) is 9.59 Å². The van der Waals surface area contributed by atoms with Gasteiger partial charge < -0.3 is 10.1 Å². The SMILES string of the molecule is CCCOC(=O)c1c(NC(=O)[C@@H]2C[C@@H]2c2ccccc2)sc2c1CC[C@@H](c1ccccc1)C2. The molecule has 1 aromatic heterocycles. The molecule has 1 saturated carbocycles. The van der Waals surface area contributed by atoms with Gasteiger partial charge in [0.15, 0.2) is 0 Å². The largest absolute Gasteiger partial charge is 0.462 e. The zero-order chi connectivity index (χ0) is 22.8. The second-order valence-corrected chi connectivity index (χ2v) is 10.1. The molecule has 3 atom stereocenters. The van der Waals surface area contributed by atoms with Crippen LogP contribution in [0.25, 0.3) is 0 Å². The van der Waals surface area contributed by atoms with Gasteiger partial charge in [-0.25, -0.2) is 4.79 Å². The summed E-state index contributed by atoms with van der Waals surface area (Å²) >= 11 is 1.56. The zero-order valence-corrected chi connectivity index (χ0v) is 19.7. The van der Waals surface area contributed by atoms with Crippen molar-refractivity contribution in [2.24, 2.45) is 5.92 Å². The number of esters is 1. The Morgan fingerprint density at radius 1 is 1.03 bits per heavy atom. The van der Waals surface area contributed by atoms with Crippen LogP contribution in [0.1, 0.15) is 69.9 Å². The summed E-state index contributed by atoms with van der Waals surface area (Å²) in [5, 5.41) is 3.79. The fraction of sp³-hybridized carbons (Fsp3) is 0.357. The predicted octanol–water partition coefficient (Wildman–Crippen LogP) is 6.33. The van der Waals surface area contributed by atoms with Crippen LogP contribution < -0.4 is 5.32 Å². The van der Waals surface area contributed by atoms with Gasteiger partial charge in [0.05, 0.1) is 12.2 Å². The molecular formula is C28H29NO3S. The summed E-state index contributed by atoms with van der Waals surface area (Å²) in [5.41, 5.74) is 4.19. The minimum Gasteiger partial charge on any atom is -0.462 e. The molecular weight excluding hydrogens is 430 g/mol. The van der Waals surface area contributed by atoms with Crippen molar-refractivity contribution in [1.82, 2.24) is 0 Å². The Labute approximate surface area is 199 Å².